The standard InChI is InChI=1S/C24H34N4O6/c1-18(29)25(2)11-5-14-34-15-13-26(3)22(31)17-23(32)27(4)20-8-6-19(7-9-20)16-24(33)28-12-10-21(28)30/h6-9H,5,10-17H2,1-4H3. The lowest BCUT2D eigenvalue weighted by molar-refractivity contribution is -0.152. The number of hydrogen-bond acceptors (Lipinski definition) is 6. The number of nitrogens with zero attached hydrogens (tertiary/aromatic N) is 4. The maximum atomic E-state index is 12.5. The predicted molar refractivity (Wildman–Crippen MR) is 126 cm³/mol. The molecule has 1 aromatic rings. The summed E-state index contributed by atoms with van der Waals surface area (Å²) < 4.78 is 5.50. The van der Waals surface area contributed by atoms with E-state index in [0.717, 1.165) is 5.56 Å². The Bertz CT molecular complexity index is 901. The fourth-order valence-electron chi connectivity index (χ4n) is 3.20. The Morgan fingerprint density at radius 3 is 2.18 bits per heavy atom. The Hall–Kier alpha value is -3.27. The zero-order valence-electron chi connectivity index (χ0n) is 20.4. The monoisotopic (exact) mass is 474 g/mol. The van der Waals surface area contributed by atoms with Gasteiger partial charge in [0, 0.05) is 66.4 Å². The molecule has 34 heavy (non-hydrogen) atoms. The molecule has 186 valence electrons. The second kappa shape index (κ2) is 12.8. The summed E-state index contributed by atoms with van der Waals surface area (Å²) in [5, 5.41) is 0. The number of benzene rings is 1. The molecule has 5 amide bonds. The zero-order valence-corrected chi connectivity index (χ0v) is 20.4. The number of hydrogen-bond donors (Lipinski definition) is 0. The van der Waals surface area contributed by atoms with Crippen LogP contribution in [0.4, 0.5) is 5.69 Å². The lowest BCUT2D eigenvalue weighted by Crippen LogP contribution is -2.48. The molecule has 0 bridgehead atoms. The molecule has 10 nitrogen and oxygen atoms in total. The molecule has 10 heteroatoms. The molecule has 0 spiro atoms. The highest BCUT2D eigenvalue weighted by Crippen LogP contribution is 2.17. The summed E-state index contributed by atoms with van der Waals surface area (Å²) in [6.07, 6.45) is 0.981. The molecule has 2 rings (SSSR count). The summed E-state index contributed by atoms with van der Waals surface area (Å²) in [4.78, 5) is 65.2. The number of carbonyl (C=O) groups excluding carboxylic acids is 5. The van der Waals surface area contributed by atoms with E-state index >= 15 is 0 Å². The van der Waals surface area contributed by atoms with Crippen LogP contribution in [-0.4, -0.2) is 98.2 Å². The van der Waals surface area contributed by atoms with E-state index in [4.69, 9.17) is 4.74 Å². The van der Waals surface area contributed by atoms with E-state index in [-0.39, 0.29) is 42.4 Å². The van der Waals surface area contributed by atoms with E-state index in [1.165, 1.54) is 21.6 Å². The van der Waals surface area contributed by atoms with Crippen LogP contribution in [0.15, 0.2) is 24.3 Å². The van der Waals surface area contributed by atoms with E-state index in [9.17, 15) is 24.0 Å². The number of likely N-dealkylation sites (N-methyl/N-ethyl adjacent to an activating group) is 1. The number of carbonyl (C=O) groups is 5. The first-order chi connectivity index (χ1) is 16.1. The van der Waals surface area contributed by atoms with Gasteiger partial charge in [-0.25, -0.2) is 0 Å². The van der Waals surface area contributed by atoms with Gasteiger partial charge in [0.05, 0.1) is 13.0 Å². The van der Waals surface area contributed by atoms with E-state index in [1.54, 1.807) is 50.3 Å². The van der Waals surface area contributed by atoms with Crippen LogP contribution in [-0.2, 0) is 35.1 Å². The lowest BCUT2D eigenvalue weighted by atomic mass is 10.1. The van der Waals surface area contributed by atoms with Crippen molar-refractivity contribution in [2.45, 2.75) is 32.6 Å². The van der Waals surface area contributed by atoms with Crippen molar-refractivity contribution in [1.82, 2.24) is 14.7 Å². The summed E-state index contributed by atoms with van der Waals surface area (Å²) in [6, 6.07) is 6.90. The summed E-state index contributed by atoms with van der Waals surface area (Å²) in [7, 11) is 4.95. The van der Waals surface area contributed by atoms with Crippen molar-refractivity contribution in [3.05, 3.63) is 29.8 Å². The molecule has 1 fully saturated rings. The first-order valence-corrected chi connectivity index (χ1v) is 11.3. The van der Waals surface area contributed by atoms with Crippen LogP contribution in [0.1, 0.15) is 31.7 Å². The van der Waals surface area contributed by atoms with Gasteiger partial charge in [-0.05, 0) is 24.1 Å². The molecule has 1 aromatic carbocycles. The molecule has 1 saturated heterocycles. The minimum atomic E-state index is -0.347. The van der Waals surface area contributed by atoms with Crippen molar-refractivity contribution < 1.29 is 28.7 Å². The predicted octanol–water partition coefficient (Wildman–Crippen LogP) is 0.684. The number of likely N-dealkylation sites (tertiary alicyclic amines) is 1. The minimum Gasteiger partial charge on any atom is -0.380 e. The van der Waals surface area contributed by atoms with Gasteiger partial charge in [-0.1, -0.05) is 12.1 Å². The van der Waals surface area contributed by atoms with Gasteiger partial charge in [-0.2, -0.15) is 0 Å². The van der Waals surface area contributed by atoms with Crippen molar-refractivity contribution in [3.63, 3.8) is 0 Å². The Kier molecular flexibility index (Phi) is 10.2. The second-order valence-electron chi connectivity index (χ2n) is 8.38. The van der Waals surface area contributed by atoms with Crippen LogP contribution in [0.2, 0.25) is 0 Å². The van der Waals surface area contributed by atoms with Gasteiger partial charge in [0.2, 0.25) is 29.5 Å². The number of amides is 5. The van der Waals surface area contributed by atoms with Crippen molar-refractivity contribution in [3.8, 4) is 0 Å². The number of ether oxygens (including phenoxy) is 1. The quantitative estimate of drug-likeness (QED) is 0.251. The van der Waals surface area contributed by atoms with Crippen molar-refractivity contribution >= 4 is 35.2 Å². The molecule has 0 aromatic heterocycles. The number of imide groups is 1. The largest absolute Gasteiger partial charge is 0.380 e. The van der Waals surface area contributed by atoms with Gasteiger partial charge in [-0.3, -0.25) is 28.9 Å². The molecule has 0 atom stereocenters. The Morgan fingerprint density at radius 2 is 1.62 bits per heavy atom. The molecule has 0 aliphatic carbocycles. The number of β-lactam (4-membered cyclic amide) rings is 1. The Balaban J connectivity index is 1.71. The summed E-state index contributed by atoms with van der Waals surface area (Å²) in [6.45, 7) is 3.79. The highest BCUT2D eigenvalue weighted by molar-refractivity contribution is 6.04. The van der Waals surface area contributed by atoms with E-state index in [1.807, 2.05) is 0 Å². The highest BCUT2D eigenvalue weighted by Gasteiger charge is 2.29. The average molecular weight is 475 g/mol. The molecule has 0 saturated carbocycles. The fourth-order valence-corrected chi connectivity index (χ4v) is 3.20. The van der Waals surface area contributed by atoms with Gasteiger partial charge in [0.25, 0.3) is 0 Å². The second-order valence-corrected chi connectivity index (χ2v) is 8.38. The molecule has 0 unspecified atom stereocenters. The van der Waals surface area contributed by atoms with Crippen LogP contribution < -0.4 is 4.90 Å². The van der Waals surface area contributed by atoms with E-state index < -0.39 is 0 Å². The van der Waals surface area contributed by atoms with Gasteiger partial charge < -0.3 is 19.4 Å². The molecular formula is C24H34N4O6. The summed E-state index contributed by atoms with van der Waals surface area (Å²) >= 11 is 0. The van der Waals surface area contributed by atoms with Crippen LogP contribution >= 0.6 is 0 Å². The minimum absolute atomic E-state index is 0.00542. The lowest BCUT2D eigenvalue weighted by Gasteiger charge is -2.28. The number of anilines is 1. The molecule has 0 radical (unpaired) electrons. The Labute approximate surface area is 200 Å². The van der Waals surface area contributed by atoms with Crippen molar-refractivity contribution in [1.29, 1.82) is 0 Å². The van der Waals surface area contributed by atoms with Gasteiger partial charge in [0.15, 0.2) is 0 Å². The van der Waals surface area contributed by atoms with Gasteiger partial charge in [0.1, 0.15) is 6.42 Å². The van der Waals surface area contributed by atoms with E-state index in [0.29, 0.717) is 51.4 Å². The maximum Gasteiger partial charge on any atom is 0.236 e. The van der Waals surface area contributed by atoms with Gasteiger partial charge in [-0.15, -0.1) is 0 Å². The first-order valence-electron chi connectivity index (χ1n) is 11.3. The molecule has 1 aliphatic heterocycles. The maximum absolute atomic E-state index is 12.5. The third-order valence-electron chi connectivity index (χ3n) is 5.82. The van der Waals surface area contributed by atoms with Crippen molar-refractivity contribution in [2.24, 2.45) is 0 Å². The molecular weight excluding hydrogens is 440 g/mol. The van der Waals surface area contributed by atoms with Crippen LogP contribution in [0, 0.1) is 0 Å². The zero-order chi connectivity index (χ0) is 25.3. The highest BCUT2D eigenvalue weighted by atomic mass is 16.5. The van der Waals surface area contributed by atoms with Crippen LogP contribution in [0.25, 0.3) is 0 Å². The normalized spacial score (nSPS) is 12.7. The van der Waals surface area contributed by atoms with Crippen molar-refractivity contribution in [2.75, 3.05) is 58.9 Å². The molecule has 1 heterocycles. The molecule has 0 N–H and O–H groups in total. The smallest absolute Gasteiger partial charge is 0.236 e. The van der Waals surface area contributed by atoms with E-state index in [2.05, 4.69) is 0 Å². The summed E-state index contributed by atoms with van der Waals surface area (Å²) in [5.74, 6) is -1.02. The number of rotatable bonds is 12. The summed E-state index contributed by atoms with van der Waals surface area (Å²) in [5.41, 5.74) is 1.36. The third-order valence-corrected chi connectivity index (χ3v) is 5.82. The fraction of sp³-hybridized carbons (Fsp3) is 0.542. The van der Waals surface area contributed by atoms with Crippen LogP contribution in [0.3, 0.4) is 0 Å². The van der Waals surface area contributed by atoms with Crippen LogP contribution in [0.5, 0.6) is 0 Å². The molecule has 1 aliphatic rings. The average Bonchev–Trinajstić information content (AvgIpc) is 2.79. The first kappa shape index (κ1) is 27.0. The van der Waals surface area contributed by atoms with Gasteiger partial charge >= 0.3 is 0 Å². The SMILES string of the molecule is CC(=O)N(C)CCCOCCN(C)C(=O)CC(=O)N(C)c1ccc(CC(=O)N2CCC2=O)cc1. The topological polar surface area (TPSA) is 108 Å². The Morgan fingerprint density at radius 1 is 0.941 bits per heavy atom. The third kappa shape index (κ3) is 7.95.